The average molecular weight is 284 g/mol. The average Bonchev–Trinajstić information content (AvgIpc) is 2.70. The zero-order valence-corrected chi connectivity index (χ0v) is 11.6. The fourth-order valence-electron chi connectivity index (χ4n) is 2.77. The van der Waals surface area contributed by atoms with Gasteiger partial charge in [0, 0.05) is 12.6 Å². The van der Waals surface area contributed by atoms with Crippen LogP contribution < -0.4 is 10.5 Å². The van der Waals surface area contributed by atoms with Gasteiger partial charge in [0.05, 0.1) is 0 Å². The van der Waals surface area contributed by atoms with Crippen molar-refractivity contribution in [3.8, 4) is 5.75 Å². The molecular weight excluding hydrogens is 262 g/mol. The van der Waals surface area contributed by atoms with Crippen molar-refractivity contribution in [1.82, 2.24) is 4.90 Å². The second kappa shape index (κ2) is 7.55. The molecule has 0 aromatic heterocycles. The zero-order valence-electron chi connectivity index (χ0n) is 11.6. The van der Waals surface area contributed by atoms with E-state index in [1.54, 1.807) is 12.1 Å². The van der Waals surface area contributed by atoms with Gasteiger partial charge in [0.2, 0.25) is 0 Å². The van der Waals surface area contributed by atoms with Gasteiger partial charge < -0.3 is 10.5 Å². The van der Waals surface area contributed by atoms with Crippen molar-refractivity contribution in [2.75, 3.05) is 19.6 Å². The molecule has 2 N–H and O–H groups in total. The van der Waals surface area contributed by atoms with E-state index in [1.807, 2.05) is 12.1 Å². The molecule has 0 spiro atoms. The summed E-state index contributed by atoms with van der Waals surface area (Å²) in [7, 11) is 0. The largest absolute Gasteiger partial charge is 0.435 e. The normalized spacial score (nSPS) is 18.8. The molecule has 1 aliphatic heterocycles. The molecule has 3 nitrogen and oxygen atoms in total. The van der Waals surface area contributed by atoms with E-state index in [0.717, 1.165) is 18.7 Å². The number of halogens is 2. The first-order chi connectivity index (χ1) is 9.70. The number of hydrogen-bond acceptors (Lipinski definition) is 3. The molecule has 2 rings (SSSR count). The number of likely N-dealkylation sites (tertiary alicyclic amines) is 1. The number of nitrogens with zero attached hydrogens (tertiary/aromatic N) is 1. The van der Waals surface area contributed by atoms with Gasteiger partial charge in [-0.05, 0) is 43.6 Å². The Labute approximate surface area is 118 Å². The molecule has 1 aromatic carbocycles. The highest BCUT2D eigenvalue weighted by atomic mass is 19.3. The SMILES string of the molecule is NCC(c1ccc(OC(F)F)cc1)N1CCCCCC1. The fraction of sp³-hybridized carbons (Fsp3) is 0.600. The molecule has 1 unspecified atom stereocenters. The van der Waals surface area contributed by atoms with E-state index in [9.17, 15) is 8.78 Å². The van der Waals surface area contributed by atoms with E-state index in [1.165, 1.54) is 25.7 Å². The third kappa shape index (κ3) is 4.15. The van der Waals surface area contributed by atoms with Crippen molar-refractivity contribution >= 4 is 0 Å². The van der Waals surface area contributed by atoms with Crippen LogP contribution in [0.2, 0.25) is 0 Å². The van der Waals surface area contributed by atoms with Crippen molar-refractivity contribution in [2.45, 2.75) is 38.3 Å². The Kier molecular flexibility index (Phi) is 5.73. The minimum Gasteiger partial charge on any atom is -0.435 e. The summed E-state index contributed by atoms with van der Waals surface area (Å²) < 4.78 is 28.6. The van der Waals surface area contributed by atoms with Crippen molar-refractivity contribution in [3.63, 3.8) is 0 Å². The van der Waals surface area contributed by atoms with E-state index < -0.39 is 6.61 Å². The van der Waals surface area contributed by atoms with Crippen LogP contribution in [-0.4, -0.2) is 31.1 Å². The van der Waals surface area contributed by atoms with Gasteiger partial charge in [-0.1, -0.05) is 25.0 Å². The molecule has 112 valence electrons. The first-order valence-electron chi connectivity index (χ1n) is 7.19. The predicted octanol–water partition coefficient (Wildman–Crippen LogP) is 3.16. The van der Waals surface area contributed by atoms with Gasteiger partial charge in [0.15, 0.2) is 0 Å². The van der Waals surface area contributed by atoms with Gasteiger partial charge in [-0.25, -0.2) is 0 Å². The number of alkyl halides is 2. The molecule has 1 aromatic rings. The summed E-state index contributed by atoms with van der Waals surface area (Å²) in [4.78, 5) is 2.40. The number of hydrogen-bond donors (Lipinski definition) is 1. The lowest BCUT2D eigenvalue weighted by Crippen LogP contribution is -2.34. The predicted molar refractivity (Wildman–Crippen MR) is 74.9 cm³/mol. The minimum atomic E-state index is -2.78. The van der Waals surface area contributed by atoms with Gasteiger partial charge in [-0.2, -0.15) is 8.78 Å². The molecule has 20 heavy (non-hydrogen) atoms. The van der Waals surface area contributed by atoms with E-state index in [0.29, 0.717) is 6.54 Å². The smallest absolute Gasteiger partial charge is 0.387 e. The first kappa shape index (κ1) is 15.2. The minimum absolute atomic E-state index is 0.161. The maximum absolute atomic E-state index is 12.1. The third-order valence-corrected chi connectivity index (χ3v) is 3.79. The molecule has 1 aliphatic rings. The highest BCUT2D eigenvalue weighted by Crippen LogP contribution is 2.25. The maximum atomic E-state index is 12.1. The van der Waals surface area contributed by atoms with Gasteiger partial charge >= 0.3 is 6.61 Å². The summed E-state index contributed by atoms with van der Waals surface area (Å²) in [5.74, 6) is 0.190. The van der Waals surface area contributed by atoms with Crippen LogP contribution in [0.4, 0.5) is 8.78 Å². The van der Waals surface area contributed by atoms with Crippen molar-refractivity contribution in [1.29, 1.82) is 0 Å². The lowest BCUT2D eigenvalue weighted by atomic mass is 10.0. The quantitative estimate of drug-likeness (QED) is 0.902. The Bertz CT molecular complexity index is 389. The Balaban J connectivity index is 2.06. The Morgan fingerprint density at radius 3 is 2.15 bits per heavy atom. The summed E-state index contributed by atoms with van der Waals surface area (Å²) >= 11 is 0. The fourth-order valence-corrected chi connectivity index (χ4v) is 2.77. The monoisotopic (exact) mass is 284 g/mol. The lowest BCUT2D eigenvalue weighted by Gasteiger charge is -2.30. The summed E-state index contributed by atoms with van der Waals surface area (Å²) in [6, 6.07) is 7.00. The van der Waals surface area contributed by atoms with Gasteiger partial charge in [-0.15, -0.1) is 0 Å². The standard InChI is InChI=1S/C15H22F2N2O/c16-15(17)20-13-7-5-12(6-8-13)14(11-18)19-9-3-1-2-4-10-19/h5-8,14-15H,1-4,9-11,18H2. The summed E-state index contributed by atoms with van der Waals surface area (Å²) in [5, 5.41) is 0. The second-order valence-corrected chi connectivity index (χ2v) is 5.15. The summed E-state index contributed by atoms with van der Waals surface area (Å²) in [5.41, 5.74) is 6.98. The first-order valence-corrected chi connectivity index (χ1v) is 7.19. The molecule has 5 heteroatoms. The highest BCUT2D eigenvalue weighted by Gasteiger charge is 2.20. The van der Waals surface area contributed by atoms with Crippen molar-refractivity contribution in [2.24, 2.45) is 5.73 Å². The topological polar surface area (TPSA) is 38.5 Å². The number of benzene rings is 1. The van der Waals surface area contributed by atoms with E-state index >= 15 is 0 Å². The molecule has 1 atom stereocenters. The number of rotatable bonds is 5. The zero-order chi connectivity index (χ0) is 14.4. The van der Waals surface area contributed by atoms with Crippen LogP contribution >= 0.6 is 0 Å². The van der Waals surface area contributed by atoms with Gasteiger partial charge in [-0.3, -0.25) is 4.90 Å². The van der Waals surface area contributed by atoms with Crippen LogP contribution in [0.25, 0.3) is 0 Å². The van der Waals surface area contributed by atoms with E-state index in [-0.39, 0.29) is 11.8 Å². The lowest BCUT2D eigenvalue weighted by molar-refractivity contribution is -0.0498. The van der Waals surface area contributed by atoms with E-state index in [2.05, 4.69) is 9.64 Å². The molecule has 0 bridgehead atoms. The summed E-state index contributed by atoms with van der Waals surface area (Å²) in [6.07, 6.45) is 4.94. The third-order valence-electron chi connectivity index (χ3n) is 3.79. The van der Waals surface area contributed by atoms with Gasteiger partial charge in [0.25, 0.3) is 0 Å². The molecule has 0 radical (unpaired) electrons. The number of nitrogens with two attached hydrogens (primary N) is 1. The molecule has 0 amide bonds. The molecular formula is C15H22F2N2O. The van der Waals surface area contributed by atoms with Crippen molar-refractivity contribution in [3.05, 3.63) is 29.8 Å². The molecule has 1 heterocycles. The van der Waals surface area contributed by atoms with Crippen molar-refractivity contribution < 1.29 is 13.5 Å². The van der Waals surface area contributed by atoms with E-state index in [4.69, 9.17) is 5.73 Å². The number of ether oxygens (including phenoxy) is 1. The highest BCUT2D eigenvalue weighted by molar-refractivity contribution is 5.29. The second-order valence-electron chi connectivity index (χ2n) is 5.15. The molecule has 1 saturated heterocycles. The van der Waals surface area contributed by atoms with Crippen LogP contribution in [-0.2, 0) is 0 Å². The Hall–Kier alpha value is -1.20. The van der Waals surface area contributed by atoms with Gasteiger partial charge in [0.1, 0.15) is 5.75 Å². The van der Waals surface area contributed by atoms with Crippen LogP contribution in [0.3, 0.4) is 0 Å². The van der Waals surface area contributed by atoms with Crippen LogP contribution in [0, 0.1) is 0 Å². The van der Waals surface area contributed by atoms with Crippen LogP contribution in [0.15, 0.2) is 24.3 Å². The molecule has 0 saturated carbocycles. The molecule has 0 aliphatic carbocycles. The Morgan fingerprint density at radius 1 is 1.05 bits per heavy atom. The maximum Gasteiger partial charge on any atom is 0.387 e. The summed E-state index contributed by atoms with van der Waals surface area (Å²) in [6.45, 7) is -0.139. The Morgan fingerprint density at radius 2 is 1.65 bits per heavy atom. The molecule has 1 fully saturated rings. The van der Waals surface area contributed by atoms with Crippen LogP contribution in [0.5, 0.6) is 5.75 Å². The van der Waals surface area contributed by atoms with Crippen LogP contribution in [0.1, 0.15) is 37.3 Å².